The molecule has 1 saturated heterocycles. The fraction of sp³-hybridized carbons (Fsp3) is 0.588. The number of carbonyl (C=O) groups excluding carboxylic acids is 1. The summed E-state index contributed by atoms with van der Waals surface area (Å²) in [5.41, 5.74) is 0.265. The van der Waals surface area contributed by atoms with Gasteiger partial charge in [-0.1, -0.05) is 0 Å². The molecule has 0 unspecified atom stereocenters. The monoisotopic (exact) mass is 338 g/mol. The first-order valence-electron chi connectivity index (χ1n) is 7.92. The second-order valence-electron chi connectivity index (χ2n) is 6.14. The van der Waals surface area contributed by atoms with E-state index in [1.165, 1.54) is 26.4 Å². The van der Waals surface area contributed by atoms with Gasteiger partial charge in [-0.25, -0.2) is 0 Å². The second-order valence-corrected chi connectivity index (χ2v) is 6.14. The maximum absolute atomic E-state index is 12.5. The first-order valence-corrected chi connectivity index (χ1v) is 7.92. The quantitative estimate of drug-likeness (QED) is 0.813. The predicted octanol–water partition coefficient (Wildman–Crippen LogP) is 1.25. The van der Waals surface area contributed by atoms with Gasteiger partial charge in [-0.05, 0) is 39.1 Å². The Kier molecular flexibility index (Phi) is 5.90. The standard InChI is InChI=1S/C17H26N2O5/c1-19(2)17(5-7-24-8-6-17)11-18-16(21)12-9-13(22-3)15(20)14(10-12)23-4/h9-10,20H,5-8,11H2,1-4H3,(H,18,21). The highest BCUT2D eigenvalue weighted by atomic mass is 16.5. The van der Waals surface area contributed by atoms with Crippen LogP contribution in [0.4, 0.5) is 0 Å². The van der Waals surface area contributed by atoms with Gasteiger partial charge in [0.15, 0.2) is 11.5 Å². The molecule has 0 saturated carbocycles. The Hall–Kier alpha value is -1.99. The van der Waals surface area contributed by atoms with Crippen LogP contribution in [-0.2, 0) is 4.74 Å². The van der Waals surface area contributed by atoms with Crippen molar-refractivity contribution in [2.45, 2.75) is 18.4 Å². The van der Waals surface area contributed by atoms with Gasteiger partial charge in [0.2, 0.25) is 5.75 Å². The van der Waals surface area contributed by atoms with Gasteiger partial charge in [0.25, 0.3) is 5.91 Å². The topological polar surface area (TPSA) is 80.3 Å². The molecule has 0 radical (unpaired) electrons. The molecule has 0 atom stereocenters. The summed E-state index contributed by atoms with van der Waals surface area (Å²) in [5.74, 6) is 0.0471. The van der Waals surface area contributed by atoms with Crippen LogP contribution in [0.5, 0.6) is 17.2 Å². The lowest BCUT2D eigenvalue weighted by atomic mass is 9.88. The van der Waals surface area contributed by atoms with Gasteiger partial charge in [0.1, 0.15) is 0 Å². The van der Waals surface area contributed by atoms with Gasteiger partial charge in [-0.3, -0.25) is 4.79 Å². The average Bonchev–Trinajstić information content (AvgIpc) is 2.60. The van der Waals surface area contributed by atoms with E-state index in [0.29, 0.717) is 25.3 Å². The van der Waals surface area contributed by atoms with E-state index >= 15 is 0 Å². The molecule has 7 heteroatoms. The number of likely N-dealkylation sites (N-methyl/N-ethyl adjacent to an activating group) is 1. The molecule has 1 aliphatic rings. The number of hydrogen-bond acceptors (Lipinski definition) is 6. The number of rotatable bonds is 6. The zero-order chi connectivity index (χ0) is 17.7. The molecule has 0 spiro atoms. The highest BCUT2D eigenvalue weighted by Crippen LogP contribution is 2.37. The summed E-state index contributed by atoms with van der Waals surface area (Å²) < 4.78 is 15.6. The van der Waals surface area contributed by atoms with Crippen LogP contribution in [0.3, 0.4) is 0 Å². The Morgan fingerprint density at radius 2 is 1.79 bits per heavy atom. The number of nitrogens with one attached hydrogen (secondary N) is 1. The Morgan fingerprint density at radius 1 is 1.25 bits per heavy atom. The molecule has 1 fully saturated rings. The van der Waals surface area contributed by atoms with Crippen LogP contribution in [0, 0.1) is 0 Å². The maximum Gasteiger partial charge on any atom is 0.251 e. The number of aromatic hydroxyl groups is 1. The zero-order valence-corrected chi connectivity index (χ0v) is 14.7. The Balaban J connectivity index is 2.14. The van der Waals surface area contributed by atoms with Crippen molar-refractivity contribution in [3.8, 4) is 17.2 Å². The van der Waals surface area contributed by atoms with E-state index in [2.05, 4.69) is 10.2 Å². The van der Waals surface area contributed by atoms with Crippen molar-refractivity contribution in [2.75, 3.05) is 48.1 Å². The Labute approximate surface area is 142 Å². The summed E-state index contributed by atoms with van der Waals surface area (Å²) in [5, 5.41) is 12.9. The Morgan fingerprint density at radius 3 is 2.25 bits per heavy atom. The molecule has 1 heterocycles. The van der Waals surface area contributed by atoms with E-state index in [-0.39, 0.29) is 28.7 Å². The minimum Gasteiger partial charge on any atom is -0.502 e. The van der Waals surface area contributed by atoms with Gasteiger partial charge in [0.05, 0.1) is 14.2 Å². The number of nitrogens with zero attached hydrogens (tertiary/aromatic N) is 1. The van der Waals surface area contributed by atoms with Crippen molar-refractivity contribution in [3.05, 3.63) is 17.7 Å². The van der Waals surface area contributed by atoms with Gasteiger partial charge >= 0.3 is 0 Å². The van der Waals surface area contributed by atoms with Gasteiger partial charge < -0.3 is 29.5 Å². The lowest BCUT2D eigenvalue weighted by molar-refractivity contribution is -0.00658. The normalized spacial score (nSPS) is 16.7. The number of benzene rings is 1. The summed E-state index contributed by atoms with van der Waals surface area (Å²) in [6.07, 6.45) is 1.73. The number of hydrogen-bond donors (Lipinski definition) is 2. The molecule has 2 N–H and O–H groups in total. The molecule has 2 rings (SSSR count). The van der Waals surface area contributed by atoms with Crippen molar-refractivity contribution in [3.63, 3.8) is 0 Å². The second kappa shape index (κ2) is 7.72. The van der Waals surface area contributed by atoms with E-state index in [4.69, 9.17) is 14.2 Å². The van der Waals surface area contributed by atoms with E-state index in [9.17, 15) is 9.90 Å². The highest BCUT2D eigenvalue weighted by molar-refractivity contribution is 5.95. The largest absolute Gasteiger partial charge is 0.502 e. The smallest absolute Gasteiger partial charge is 0.251 e. The lowest BCUT2D eigenvalue weighted by Gasteiger charge is -2.42. The van der Waals surface area contributed by atoms with Gasteiger partial charge in [0, 0.05) is 30.9 Å². The zero-order valence-electron chi connectivity index (χ0n) is 14.7. The number of ether oxygens (including phenoxy) is 3. The average molecular weight is 338 g/mol. The third-order valence-electron chi connectivity index (χ3n) is 4.69. The third kappa shape index (κ3) is 3.73. The van der Waals surface area contributed by atoms with Crippen molar-refractivity contribution in [1.82, 2.24) is 10.2 Å². The number of amides is 1. The fourth-order valence-electron chi connectivity index (χ4n) is 2.90. The SMILES string of the molecule is COc1cc(C(=O)NCC2(N(C)C)CCOCC2)cc(OC)c1O. The molecule has 24 heavy (non-hydrogen) atoms. The van der Waals surface area contributed by atoms with Crippen LogP contribution >= 0.6 is 0 Å². The minimum absolute atomic E-state index is 0.112. The number of phenols is 1. The van der Waals surface area contributed by atoms with E-state index in [1.54, 1.807) is 0 Å². The Bertz CT molecular complexity index is 557. The van der Waals surface area contributed by atoms with E-state index in [1.807, 2.05) is 14.1 Å². The molecule has 0 bridgehead atoms. The molecule has 7 nitrogen and oxygen atoms in total. The van der Waals surface area contributed by atoms with Gasteiger partial charge in [-0.2, -0.15) is 0 Å². The van der Waals surface area contributed by atoms with Crippen LogP contribution in [0.25, 0.3) is 0 Å². The number of methoxy groups -OCH3 is 2. The highest BCUT2D eigenvalue weighted by Gasteiger charge is 2.35. The lowest BCUT2D eigenvalue weighted by Crippen LogP contribution is -2.55. The van der Waals surface area contributed by atoms with Crippen LogP contribution in [0.2, 0.25) is 0 Å². The first-order chi connectivity index (χ1) is 11.4. The van der Waals surface area contributed by atoms with E-state index in [0.717, 1.165) is 12.8 Å². The summed E-state index contributed by atoms with van der Waals surface area (Å²) in [6.45, 7) is 1.90. The van der Waals surface area contributed by atoms with Crippen LogP contribution in [-0.4, -0.2) is 69.5 Å². The molecular formula is C17H26N2O5. The molecule has 1 aromatic carbocycles. The summed E-state index contributed by atoms with van der Waals surface area (Å²) >= 11 is 0. The van der Waals surface area contributed by atoms with E-state index < -0.39 is 0 Å². The molecule has 0 aliphatic carbocycles. The predicted molar refractivity (Wildman–Crippen MR) is 90.0 cm³/mol. The van der Waals surface area contributed by atoms with Crippen LogP contribution in [0.1, 0.15) is 23.2 Å². The number of carbonyl (C=O) groups is 1. The van der Waals surface area contributed by atoms with Crippen LogP contribution in [0.15, 0.2) is 12.1 Å². The summed E-state index contributed by atoms with van der Waals surface area (Å²) in [7, 11) is 6.90. The minimum atomic E-state index is -0.237. The van der Waals surface area contributed by atoms with Crippen LogP contribution < -0.4 is 14.8 Å². The molecule has 1 aliphatic heterocycles. The third-order valence-corrected chi connectivity index (χ3v) is 4.69. The molecular weight excluding hydrogens is 312 g/mol. The fourth-order valence-corrected chi connectivity index (χ4v) is 2.90. The van der Waals surface area contributed by atoms with Crippen molar-refractivity contribution < 1.29 is 24.1 Å². The number of phenolic OH excluding ortho intramolecular Hbond substituents is 1. The molecule has 1 aromatic rings. The first kappa shape index (κ1) is 18.4. The van der Waals surface area contributed by atoms with Crippen molar-refractivity contribution in [2.24, 2.45) is 0 Å². The maximum atomic E-state index is 12.5. The molecule has 134 valence electrons. The summed E-state index contributed by atoms with van der Waals surface area (Å²) in [6, 6.07) is 3.00. The molecule has 1 amide bonds. The van der Waals surface area contributed by atoms with Crippen molar-refractivity contribution >= 4 is 5.91 Å². The molecule has 0 aromatic heterocycles. The van der Waals surface area contributed by atoms with Gasteiger partial charge in [-0.15, -0.1) is 0 Å². The van der Waals surface area contributed by atoms with Crippen molar-refractivity contribution in [1.29, 1.82) is 0 Å². The summed E-state index contributed by atoms with van der Waals surface area (Å²) in [4.78, 5) is 14.7.